The van der Waals surface area contributed by atoms with Crippen LogP contribution in [0.25, 0.3) is 0 Å². The number of anilines is 2. The van der Waals surface area contributed by atoms with Crippen molar-refractivity contribution in [1.29, 1.82) is 0 Å². The number of hydrogen-bond donors (Lipinski definition) is 3. The molecule has 0 aliphatic carbocycles. The fourth-order valence-electron chi connectivity index (χ4n) is 2.21. The minimum atomic E-state index is -2.87. The molecule has 1 fully saturated rings. The molecular formula is C11H15N3O3S. The molecule has 2 atom stereocenters. The monoisotopic (exact) mass is 269 g/mol. The van der Waals surface area contributed by atoms with Crippen LogP contribution in [0.15, 0.2) is 24.3 Å². The van der Waals surface area contributed by atoms with Crippen molar-refractivity contribution in [2.24, 2.45) is 0 Å². The second kappa shape index (κ2) is 4.42. The first kappa shape index (κ1) is 11.8. The fraction of sp³-hybridized carbons (Fsp3) is 0.455. The first-order valence-corrected chi connectivity index (χ1v) is 7.68. The lowest BCUT2D eigenvalue weighted by Gasteiger charge is -2.29. The first-order chi connectivity index (χ1) is 8.62. The van der Waals surface area contributed by atoms with E-state index in [-0.39, 0.29) is 17.5 Å². The van der Waals surface area contributed by atoms with Gasteiger partial charge in [0.25, 0.3) is 0 Å². The molecule has 3 rings (SSSR count). The summed E-state index contributed by atoms with van der Waals surface area (Å²) in [6.07, 6.45) is 0.212. The summed E-state index contributed by atoms with van der Waals surface area (Å²) in [5.41, 5.74) is 4.64. The Morgan fingerprint density at radius 3 is 2.78 bits per heavy atom. The number of nitrogens with one attached hydrogen (secondary N) is 3. The Balaban J connectivity index is 1.63. The molecular weight excluding hydrogens is 254 g/mol. The largest absolute Gasteiger partial charge is 0.344 e. The zero-order valence-electron chi connectivity index (χ0n) is 9.72. The van der Waals surface area contributed by atoms with Gasteiger partial charge in [0, 0.05) is 6.04 Å². The van der Waals surface area contributed by atoms with E-state index < -0.39 is 16.2 Å². The lowest BCUT2D eigenvalue weighted by molar-refractivity contribution is 0.0798. The van der Waals surface area contributed by atoms with E-state index in [4.69, 9.17) is 4.84 Å². The summed E-state index contributed by atoms with van der Waals surface area (Å²) in [6.45, 7) is 0. The third kappa shape index (κ3) is 2.43. The molecule has 0 bridgehead atoms. The molecule has 18 heavy (non-hydrogen) atoms. The number of sulfone groups is 1. The van der Waals surface area contributed by atoms with Gasteiger partial charge >= 0.3 is 0 Å². The van der Waals surface area contributed by atoms with E-state index in [0.717, 1.165) is 11.4 Å². The Kier molecular flexibility index (Phi) is 2.89. The topological polar surface area (TPSA) is 79.5 Å². The van der Waals surface area contributed by atoms with Crippen molar-refractivity contribution < 1.29 is 13.3 Å². The molecule has 0 radical (unpaired) electrons. The lowest BCUT2D eigenvalue weighted by atomic mass is 10.2. The minimum absolute atomic E-state index is 0.0560. The van der Waals surface area contributed by atoms with Crippen molar-refractivity contribution in [1.82, 2.24) is 5.32 Å². The summed E-state index contributed by atoms with van der Waals surface area (Å²) >= 11 is 0. The molecule has 2 heterocycles. The minimum Gasteiger partial charge on any atom is -0.344 e. The highest BCUT2D eigenvalue weighted by Gasteiger charge is 2.30. The zero-order chi connectivity index (χ0) is 12.6. The second-order valence-corrected chi connectivity index (χ2v) is 6.79. The van der Waals surface area contributed by atoms with Crippen molar-refractivity contribution in [2.75, 3.05) is 22.3 Å². The van der Waals surface area contributed by atoms with Crippen LogP contribution < -0.4 is 16.1 Å². The SMILES string of the molecule is O=S1(=O)CC[C@@H](N[C@H]2Nc3ccccc3NO2)C1. The van der Waals surface area contributed by atoms with Crippen LogP contribution in [0.1, 0.15) is 6.42 Å². The molecule has 3 N–H and O–H groups in total. The van der Waals surface area contributed by atoms with Gasteiger partial charge in [0.05, 0.1) is 22.9 Å². The van der Waals surface area contributed by atoms with E-state index in [9.17, 15) is 8.42 Å². The van der Waals surface area contributed by atoms with Gasteiger partial charge < -0.3 is 5.32 Å². The van der Waals surface area contributed by atoms with Crippen molar-refractivity contribution in [3.63, 3.8) is 0 Å². The van der Waals surface area contributed by atoms with Gasteiger partial charge in [-0.3, -0.25) is 10.8 Å². The Bertz CT molecular complexity index is 546. The highest BCUT2D eigenvalue weighted by atomic mass is 32.2. The zero-order valence-corrected chi connectivity index (χ0v) is 10.5. The highest BCUT2D eigenvalue weighted by Crippen LogP contribution is 2.25. The molecule has 0 saturated carbocycles. The molecule has 2 aliphatic rings. The van der Waals surface area contributed by atoms with Crippen LogP contribution in [0, 0.1) is 0 Å². The van der Waals surface area contributed by atoms with Gasteiger partial charge in [-0.1, -0.05) is 12.1 Å². The van der Waals surface area contributed by atoms with Gasteiger partial charge in [0.2, 0.25) is 6.35 Å². The Morgan fingerprint density at radius 2 is 2.06 bits per heavy atom. The van der Waals surface area contributed by atoms with E-state index >= 15 is 0 Å². The van der Waals surface area contributed by atoms with E-state index in [0.29, 0.717) is 6.42 Å². The molecule has 1 aromatic carbocycles. The van der Waals surface area contributed by atoms with Gasteiger partial charge in [-0.15, -0.1) is 0 Å². The molecule has 0 amide bonds. The third-order valence-electron chi connectivity index (χ3n) is 3.12. The highest BCUT2D eigenvalue weighted by molar-refractivity contribution is 7.91. The molecule has 1 aromatic rings. The smallest absolute Gasteiger partial charge is 0.209 e. The van der Waals surface area contributed by atoms with Gasteiger partial charge in [0.1, 0.15) is 0 Å². The summed E-state index contributed by atoms with van der Waals surface area (Å²) in [5, 5.41) is 6.30. The average molecular weight is 269 g/mol. The van der Waals surface area contributed by atoms with Crippen molar-refractivity contribution in [2.45, 2.75) is 18.8 Å². The maximum atomic E-state index is 11.4. The van der Waals surface area contributed by atoms with Crippen LogP contribution >= 0.6 is 0 Å². The molecule has 0 spiro atoms. The fourth-order valence-corrected chi connectivity index (χ4v) is 3.89. The summed E-state index contributed by atoms with van der Waals surface area (Å²) < 4.78 is 22.7. The van der Waals surface area contributed by atoms with Gasteiger partial charge in [-0.25, -0.2) is 13.3 Å². The normalized spacial score (nSPS) is 29.1. The molecule has 0 aromatic heterocycles. The standard InChI is InChI=1S/C11H15N3O3S/c15-18(16)6-5-8(7-18)12-11-13-9-3-1-2-4-10(9)14-17-11/h1-4,8,11-14H,5-7H2/t8-,11+/m1/s1. The number of fused-ring (bicyclic) bond motifs is 1. The van der Waals surface area contributed by atoms with Crippen LogP contribution in [-0.4, -0.2) is 32.3 Å². The first-order valence-electron chi connectivity index (χ1n) is 5.86. The maximum absolute atomic E-state index is 11.4. The Morgan fingerprint density at radius 1 is 1.28 bits per heavy atom. The van der Waals surface area contributed by atoms with Crippen molar-refractivity contribution in [3.8, 4) is 0 Å². The molecule has 2 aliphatic heterocycles. The van der Waals surface area contributed by atoms with E-state index in [2.05, 4.69) is 16.1 Å². The second-order valence-electron chi connectivity index (χ2n) is 4.56. The van der Waals surface area contributed by atoms with E-state index in [1.165, 1.54) is 0 Å². The predicted octanol–water partition coefficient (Wildman–Crippen LogP) is 0.516. The molecule has 7 heteroatoms. The number of hydrogen-bond acceptors (Lipinski definition) is 6. The Hall–Kier alpha value is -1.31. The van der Waals surface area contributed by atoms with E-state index in [1.54, 1.807) is 0 Å². The molecule has 1 saturated heterocycles. The number of para-hydroxylation sites is 2. The van der Waals surface area contributed by atoms with Crippen molar-refractivity contribution >= 4 is 21.2 Å². The van der Waals surface area contributed by atoms with Crippen LogP contribution in [0.4, 0.5) is 11.4 Å². The average Bonchev–Trinajstić information content (AvgIpc) is 2.68. The van der Waals surface area contributed by atoms with Gasteiger partial charge in [-0.05, 0) is 18.6 Å². The quantitative estimate of drug-likeness (QED) is 0.726. The van der Waals surface area contributed by atoms with Crippen LogP contribution in [0.5, 0.6) is 0 Å². The predicted molar refractivity (Wildman–Crippen MR) is 68.8 cm³/mol. The Labute approximate surface area is 106 Å². The number of rotatable bonds is 2. The summed E-state index contributed by atoms with van der Waals surface area (Å²) in [6, 6.07) is 7.62. The summed E-state index contributed by atoms with van der Waals surface area (Å²) in [4.78, 5) is 5.37. The van der Waals surface area contributed by atoms with Crippen LogP contribution in [0.2, 0.25) is 0 Å². The van der Waals surface area contributed by atoms with Gasteiger partial charge in [0.15, 0.2) is 9.84 Å². The maximum Gasteiger partial charge on any atom is 0.209 e. The summed E-state index contributed by atoms with van der Waals surface area (Å²) in [5.74, 6) is 0.428. The lowest BCUT2D eigenvalue weighted by Crippen LogP contribution is -2.48. The molecule has 98 valence electrons. The number of benzene rings is 1. The van der Waals surface area contributed by atoms with Crippen molar-refractivity contribution in [3.05, 3.63) is 24.3 Å². The van der Waals surface area contributed by atoms with Crippen LogP contribution in [-0.2, 0) is 14.7 Å². The molecule has 0 unspecified atom stereocenters. The van der Waals surface area contributed by atoms with Crippen LogP contribution in [0.3, 0.4) is 0 Å². The molecule has 6 nitrogen and oxygen atoms in total. The third-order valence-corrected chi connectivity index (χ3v) is 4.89. The van der Waals surface area contributed by atoms with E-state index in [1.807, 2.05) is 24.3 Å². The van der Waals surface area contributed by atoms with Gasteiger partial charge in [-0.2, -0.15) is 0 Å². The summed E-state index contributed by atoms with van der Waals surface area (Å²) in [7, 11) is -2.87.